The molecule has 2 N–H and O–H groups in total. The zero-order valence-corrected chi connectivity index (χ0v) is 16.3. The number of amides is 2. The molecule has 0 aliphatic rings. The number of methoxy groups -OCH3 is 1. The van der Waals surface area contributed by atoms with E-state index in [0.717, 1.165) is 0 Å². The molecule has 0 aromatic heterocycles. The molecule has 7 heteroatoms. The Morgan fingerprint density at radius 2 is 1.86 bits per heavy atom. The van der Waals surface area contributed by atoms with Crippen LogP contribution in [0.5, 0.6) is 11.5 Å². The van der Waals surface area contributed by atoms with Crippen molar-refractivity contribution in [3.05, 3.63) is 59.4 Å². The molecule has 0 unspecified atom stereocenters. The minimum absolute atomic E-state index is 0.0217. The SMILES string of the molecule is COc1cc(C(=O)NCCc2ccccc2F)ccc1OCC(=O)NC(C)C. The lowest BCUT2D eigenvalue weighted by Gasteiger charge is -2.13. The van der Waals surface area contributed by atoms with Crippen LogP contribution in [0.25, 0.3) is 0 Å². The summed E-state index contributed by atoms with van der Waals surface area (Å²) in [6, 6.07) is 11.2. The van der Waals surface area contributed by atoms with Crippen LogP contribution in [0.4, 0.5) is 4.39 Å². The largest absolute Gasteiger partial charge is 0.493 e. The zero-order valence-electron chi connectivity index (χ0n) is 16.3. The van der Waals surface area contributed by atoms with Crippen LogP contribution in [-0.2, 0) is 11.2 Å². The number of carbonyl (C=O) groups is 2. The third-order valence-electron chi connectivity index (χ3n) is 3.87. The number of ether oxygens (including phenoxy) is 2. The Morgan fingerprint density at radius 1 is 1.11 bits per heavy atom. The Kier molecular flexibility index (Phi) is 7.80. The van der Waals surface area contributed by atoms with Gasteiger partial charge in [0.25, 0.3) is 11.8 Å². The van der Waals surface area contributed by atoms with Gasteiger partial charge in [0.1, 0.15) is 5.82 Å². The first-order chi connectivity index (χ1) is 13.4. The highest BCUT2D eigenvalue weighted by atomic mass is 19.1. The van der Waals surface area contributed by atoms with Gasteiger partial charge in [-0.15, -0.1) is 0 Å². The molecule has 2 rings (SSSR count). The highest BCUT2D eigenvalue weighted by Gasteiger charge is 2.13. The van der Waals surface area contributed by atoms with Gasteiger partial charge in [-0.2, -0.15) is 0 Å². The fraction of sp³-hybridized carbons (Fsp3) is 0.333. The Labute approximate surface area is 164 Å². The molecule has 150 valence electrons. The molecule has 0 aliphatic heterocycles. The number of hydrogen-bond donors (Lipinski definition) is 2. The topological polar surface area (TPSA) is 76.7 Å². The second-order valence-electron chi connectivity index (χ2n) is 6.47. The lowest BCUT2D eigenvalue weighted by molar-refractivity contribution is -0.123. The average molecular weight is 388 g/mol. The predicted octanol–water partition coefficient (Wildman–Crippen LogP) is 2.71. The van der Waals surface area contributed by atoms with Crippen LogP contribution < -0.4 is 20.1 Å². The molecule has 0 bridgehead atoms. The summed E-state index contributed by atoms with van der Waals surface area (Å²) in [5.41, 5.74) is 0.924. The molecule has 28 heavy (non-hydrogen) atoms. The fourth-order valence-electron chi connectivity index (χ4n) is 2.55. The van der Waals surface area contributed by atoms with E-state index < -0.39 is 0 Å². The number of benzene rings is 2. The van der Waals surface area contributed by atoms with Gasteiger partial charge in [0.05, 0.1) is 7.11 Å². The first-order valence-electron chi connectivity index (χ1n) is 9.02. The summed E-state index contributed by atoms with van der Waals surface area (Å²) in [4.78, 5) is 24.0. The molecule has 2 aromatic rings. The molecule has 2 amide bonds. The van der Waals surface area contributed by atoms with Crippen LogP contribution in [0.3, 0.4) is 0 Å². The number of halogens is 1. The smallest absolute Gasteiger partial charge is 0.258 e. The molecule has 0 aliphatic carbocycles. The van der Waals surface area contributed by atoms with Gasteiger partial charge in [0.2, 0.25) is 0 Å². The van der Waals surface area contributed by atoms with Crippen molar-refractivity contribution >= 4 is 11.8 Å². The van der Waals surface area contributed by atoms with Gasteiger partial charge in [-0.05, 0) is 50.1 Å². The Bertz CT molecular complexity index is 824. The zero-order chi connectivity index (χ0) is 20.5. The number of nitrogens with one attached hydrogen (secondary N) is 2. The second-order valence-corrected chi connectivity index (χ2v) is 6.47. The van der Waals surface area contributed by atoms with Crippen molar-refractivity contribution in [3.63, 3.8) is 0 Å². The van der Waals surface area contributed by atoms with Crippen LogP contribution in [-0.4, -0.2) is 38.1 Å². The van der Waals surface area contributed by atoms with Gasteiger partial charge in [0, 0.05) is 18.2 Å². The van der Waals surface area contributed by atoms with Crippen LogP contribution >= 0.6 is 0 Å². The Morgan fingerprint density at radius 3 is 2.54 bits per heavy atom. The van der Waals surface area contributed by atoms with Crippen LogP contribution in [0.2, 0.25) is 0 Å². The predicted molar refractivity (Wildman–Crippen MR) is 104 cm³/mol. The molecule has 2 aromatic carbocycles. The normalized spacial score (nSPS) is 10.5. The maximum Gasteiger partial charge on any atom is 0.258 e. The van der Waals surface area contributed by atoms with Gasteiger partial charge in [-0.1, -0.05) is 18.2 Å². The maximum absolute atomic E-state index is 13.6. The summed E-state index contributed by atoms with van der Waals surface area (Å²) in [6.45, 7) is 3.87. The molecule has 6 nitrogen and oxygen atoms in total. The van der Waals surface area contributed by atoms with Gasteiger partial charge in [-0.25, -0.2) is 4.39 Å². The molecule has 0 spiro atoms. The van der Waals surface area contributed by atoms with E-state index in [-0.39, 0.29) is 30.3 Å². The quantitative estimate of drug-likeness (QED) is 0.693. The van der Waals surface area contributed by atoms with Crippen molar-refractivity contribution in [2.45, 2.75) is 26.3 Å². The highest BCUT2D eigenvalue weighted by molar-refractivity contribution is 5.94. The molecular weight excluding hydrogens is 363 g/mol. The average Bonchev–Trinajstić information content (AvgIpc) is 2.67. The van der Waals surface area contributed by atoms with Crippen molar-refractivity contribution in [1.29, 1.82) is 0 Å². The van der Waals surface area contributed by atoms with Crippen LogP contribution in [0.15, 0.2) is 42.5 Å². The van der Waals surface area contributed by atoms with E-state index in [1.165, 1.54) is 19.2 Å². The number of carbonyl (C=O) groups excluding carboxylic acids is 2. The minimum Gasteiger partial charge on any atom is -0.493 e. The van der Waals surface area contributed by atoms with Crippen molar-refractivity contribution in [2.75, 3.05) is 20.3 Å². The summed E-state index contributed by atoms with van der Waals surface area (Å²) in [5.74, 6) is -0.129. The van der Waals surface area contributed by atoms with Crippen LogP contribution in [0.1, 0.15) is 29.8 Å². The Balaban J connectivity index is 1.93. The van der Waals surface area contributed by atoms with Crippen molar-refractivity contribution < 1.29 is 23.5 Å². The van der Waals surface area contributed by atoms with Gasteiger partial charge >= 0.3 is 0 Å². The lowest BCUT2D eigenvalue weighted by Crippen LogP contribution is -2.34. The van der Waals surface area contributed by atoms with Crippen molar-refractivity contribution in [3.8, 4) is 11.5 Å². The van der Waals surface area contributed by atoms with E-state index in [2.05, 4.69) is 10.6 Å². The van der Waals surface area contributed by atoms with E-state index in [1.807, 2.05) is 13.8 Å². The molecule has 0 atom stereocenters. The third-order valence-corrected chi connectivity index (χ3v) is 3.87. The van der Waals surface area contributed by atoms with E-state index in [1.54, 1.807) is 30.3 Å². The minimum atomic E-state index is -0.307. The number of rotatable bonds is 9. The fourth-order valence-corrected chi connectivity index (χ4v) is 2.55. The Hall–Kier alpha value is -3.09. The van der Waals surface area contributed by atoms with Gasteiger partial charge in [0.15, 0.2) is 18.1 Å². The molecular formula is C21H25FN2O4. The van der Waals surface area contributed by atoms with E-state index in [9.17, 15) is 14.0 Å². The van der Waals surface area contributed by atoms with Gasteiger partial charge in [-0.3, -0.25) is 9.59 Å². The molecule has 0 heterocycles. The molecule has 0 saturated carbocycles. The second kappa shape index (κ2) is 10.3. The first kappa shape index (κ1) is 21.2. The standard InChI is InChI=1S/C21H25FN2O4/c1-14(2)24-20(25)13-28-18-9-8-16(12-19(18)27-3)21(26)23-11-10-15-6-4-5-7-17(15)22/h4-9,12,14H,10-11,13H2,1-3H3,(H,23,26)(H,24,25). The number of hydrogen-bond acceptors (Lipinski definition) is 4. The summed E-state index contributed by atoms with van der Waals surface area (Å²) in [7, 11) is 1.45. The summed E-state index contributed by atoms with van der Waals surface area (Å²) < 4.78 is 24.3. The first-order valence-corrected chi connectivity index (χ1v) is 9.02. The molecule has 0 fully saturated rings. The summed E-state index contributed by atoms with van der Waals surface area (Å²) >= 11 is 0. The maximum atomic E-state index is 13.6. The monoisotopic (exact) mass is 388 g/mol. The molecule has 0 radical (unpaired) electrons. The highest BCUT2D eigenvalue weighted by Crippen LogP contribution is 2.28. The lowest BCUT2D eigenvalue weighted by atomic mass is 10.1. The van der Waals surface area contributed by atoms with Gasteiger partial charge < -0.3 is 20.1 Å². The van der Waals surface area contributed by atoms with Crippen molar-refractivity contribution in [2.24, 2.45) is 0 Å². The summed E-state index contributed by atoms with van der Waals surface area (Å²) in [6.07, 6.45) is 0.391. The van der Waals surface area contributed by atoms with Crippen molar-refractivity contribution in [1.82, 2.24) is 10.6 Å². The van der Waals surface area contributed by atoms with Crippen LogP contribution in [0, 0.1) is 5.82 Å². The summed E-state index contributed by atoms with van der Waals surface area (Å²) in [5, 5.41) is 5.48. The molecule has 0 saturated heterocycles. The third kappa shape index (κ3) is 6.26. The van der Waals surface area contributed by atoms with E-state index in [4.69, 9.17) is 9.47 Å². The van der Waals surface area contributed by atoms with E-state index >= 15 is 0 Å². The van der Waals surface area contributed by atoms with E-state index in [0.29, 0.717) is 35.6 Å².